The van der Waals surface area contributed by atoms with Crippen LogP contribution < -0.4 is 22.8 Å². The van der Waals surface area contributed by atoms with Crippen molar-refractivity contribution >= 4 is 11.8 Å². The predicted octanol–water partition coefficient (Wildman–Crippen LogP) is -2.85. The van der Waals surface area contributed by atoms with Crippen molar-refractivity contribution in [2.75, 3.05) is 6.61 Å². The van der Waals surface area contributed by atoms with Crippen molar-refractivity contribution in [1.82, 2.24) is 5.43 Å². The summed E-state index contributed by atoms with van der Waals surface area (Å²) in [7, 11) is 0. The van der Waals surface area contributed by atoms with Crippen LogP contribution in [0.15, 0.2) is 29.6 Å². The normalized spacial score (nSPS) is 9.65. The van der Waals surface area contributed by atoms with Crippen molar-refractivity contribution in [3.63, 3.8) is 0 Å². The van der Waals surface area contributed by atoms with E-state index in [4.69, 9.17) is 0 Å². The highest BCUT2D eigenvalue weighted by atomic mass is 35.5. The zero-order chi connectivity index (χ0) is 11.1. The first kappa shape index (κ1) is 17.7. The van der Waals surface area contributed by atoms with Gasteiger partial charge in [-0.15, -0.1) is 0 Å². The molecule has 0 atom stereocenters. The Morgan fingerprint density at radius 3 is 2.82 bits per heavy atom. The number of halogens is 1. The number of aromatic nitrogens is 1. The van der Waals surface area contributed by atoms with Crippen LogP contribution in [0.25, 0.3) is 0 Å². The second-order valence-corrected chi connectivity index (χ2v) is 2.82. The maximum absolute atomic E-state index is 10.9. The molecule has 6 nitrogen and oxygen atoms in total. The highest BCUT2D eigenvalue weighted by Gasteiger charge is 2.01. The zero-order valence-corrected chi connectivity index (χ0v) is 10.4. The molecule has 17 heavy (non-hydrogen) atoms. The summed E-state index contributed by atoms with van der Waals surface area (Å²) in [5.74, 6) is 0. The Balaban J connectivity index is 0. The van der Waals surface area contributed by atoms with Crippen LogP contribution in [-0.2, 0) is 4.74 Å². The van der Waals surface area contributed by atoms with Crippen LogP contribution in [0.3, 0.4) is 0 Å². The second-order valence-electron chi connectivity index (χ2n) is 2.82. The predicted molar refractivity (Wildman–Crippen MR) is 59.0 cm³/mol. The smallest absolute Gasteiger partial charge is 0.427 e. The largest absolute Gasteiger partial charge is 1.00 e. The second kappa shape index (κ2) is 9.56. The fourth-order valence-electron chi connectivity index (χ4n) is 0.976. The van der Waals surface area contributed by atoms with E-state index in [0.717, 1.165) is 5.56 Å². The van der Waals surface area contributed by atoms with E-state index in [9.17, 15) is 4.79 Å². The summed E-state index contributed by atoms with van der Waals surface area (Å²) >= 11 is 0. The van der Waals surface area contributed by atoms with Crippen LogP contribution >= 0.6 is 0 Å². The van der Waals surface area contributed by atoms with Crippen LogP contribution in [0.1, 0.15) is 19.4 Å². The number of ether oxygens (including phenoxy) is 1. The van der Waals surface area contributed by atoms with Crippen molar-refractivity contribution in [3.05, 3.63) is 30.1 Å². The maximum Gasteiger partial charge on any atom is 0.427 e. The molecule has 0 radical (unpaired) electrons. The van der Waals surface area contributed by atoms with Gasteiger partial charge in [-0.05, 0) is 19.9 Å². The molecule has 0 spiro atoms. The number of pyridine rings is 1. The number of nitrogens with one attached hydrogen (secondary N) is 2. The van der Waals surface area contributed by atoms with Crippen molar-refractivity contribution in [1.29, 1.82) is 0 Å². The van der Waals surface area contributed by atoms with Crippen LogP contribution in [0.2, 0.25) is 0 Å². The molecule has 1 aromatic rings. The number of amides is 1. The monoisotopic (exact) mass is 261 g/mol. The van der Waals surface area contributed by atoms with Gasteiger partial charge in [0.1, 0.15) is 0 Å². The summed E-state index contributed by atoms with van der Waals surface area (Å²) < 4.78 is 4.66. The molecule has 0 fully saturated rings. The Bertz CT molecular complexity index is 357. The number of H-pyrrole nitrogens is 1. The highest BCUT2D eigenvalue weighted by Crippen LogP contribution is 1.95. The first-order valence-corrected chi connectivity index (χ1v) is 4.67. The van der Waals surface area contributed by atoms with Crippen molar-refractivity contribution < 1.29 is 32.4 Å². The van der Waals surface area contributed by atoms with Gasteiger partial charge in [-0.1, -0.05) is 0 Å². The average molecular weight is 262 g/mol. The molecular weight excluding hydrogens is 246 g/mol. The number of hydrazone groups is 1. The lowest BCUT2D eigenvalue weighted by Gasteiger charge is -2.00. The van der Waals surface area contributed by atoms with Crippen LogP contribution in [0.5, 0.6) is 0 Å². The molecule has 0 saturated carbocycles. The molecule has 0 aliphatic heterocycles. The lowest BCUT2D eigenvalue weighted by atomic mass is 10.2. The number of rotatable bonds is 3. The first-order valence-electron chi connectivity index (χ1n) is 4.67. The molecule has 96 valence electrons. The van der Waals surface area contributed by atoms with E-state index >= 15 is 0 Å². The van der Waals surface area contributed by atoms with Gasteiger partial charge in [0, 0.05) is 6.07 Å². The van der Waals surface area contributed by atoms with Crippen LogP contribution in [0, 0.1) is 0 Å². The molecule has 7 heteroatoms. The van der Waals surface area contributed by atoms with Crippen LogP contribution in [-0.4, -0.2) is 23.9 Å². The standard InChI is InChI=1S/C10H13N3O2.ClH.H2O/c1-3-15-10(14)13-12-8(2)9-5-4-6-11-7-9;;/h4-7H,3H2,1-2H3,(H,13,14);1H;1H2/b12-8+;;. The molecule has 0 saturated heterocycles. The fraction of sp³-hybridized carbons (Fsp3) is 0.300. The first-order chi connectivity index (χ1) is 7.24. The lowest BCUT2D eigenvalue weighted by molar-refractivity contribution is -0.378. The SMILES string of the molecule is CCOC(=O)N/N=C(\C)c1ccc[nH+]c1.O.[Cl-]. The van der Waals surface area contributed by atoms with Gasteiger partial charge in [0.05, 0.1) is 17.9 Å². The van der Waals surface area contributed by atoms with Gasteiger partial charge in [0.2, 0.25) is 0 Å². The quantitative estimate of drug-likeness (QED) is 0.468. The molecular formula is C10H16ClN3O3. The Morgan fingerprint density at radius 2 is 2.29 bits per heavy atom. The maximum atomic E-state index is 10.9. The minimum absolute atomic E-state index is 0. The molecule has 0 bridgehead atoms. The number of hydrogen-bond acceptors (Lipinski definition) is 3. The molecule has 1 aromatic heterocycles. The average Bonchev–Trinajstić information content (AvgIpc) is 2.27. The van der Waals surface area contributed by atoms with E-state index in [2.05, 4.69) is 20.2 Å². The number of nitrogens with zero attached hydrogens (tertiary/aromatic N) is 1. The molecule has 0 aromatic carbocycles. The summed E-state index contributed by atoms with van der Waals surface area (Å²) in [6.07, 6.45) is 3.05. The summed E-state index contributed by atoms with van der Waals surface area (Å²) in [6.45, 7) is 3.87. The fourth-order valence-corrected chi connectivity index (χ4v) is 0.976. The van der Waals surface area contributed by atoms with Crippen molar-refractivity contribution in [2.45, 2.75) is 13.8 Å². The Hall–Kier alpha value is -1.66. The zero-order valence-electron chi connectivity index (χ0n) is 9.66. The van der Waals surface area contributed by atoms with E-state index < -0.39 is 6.09 Å². The van der Waals surface area contributed by atoms with E-state index in [1.807, 2.05) is 12.1 Å². The van der Waals surface area contributed by atoms with Gasteiger partial charge in [-0.25, -0.2) is 15.2 Å². The van der Waals surface area contributed by atoms with E-state index in [1.165, 1.54) is 0 Å². The van der Waals surface area contributed by atoms with Gasteiger partial charge in [-0.3, -0.25) is 0 Å². The molecule has 0 aliphatic rings. The highest BCUT2D eigenvalue weighted by molar-refractivity contribution is 5.98. The molecule has 0 unspecified atom stereocenters. The van der Waals surface area contributed by atoms with Gasteiger partial charge in [-0.2, -0.15) is 5.10 Å². The summed E-state index contributed by atoms with van der Waals surface area (Å²) in [4.78, 5) is 13.9. The van der Waals surface area contributed by atoms with Gasteiger partial charge in [0.15, 0.2) is 12.4 Å². The van der Waals surface area contributed by atoms with Crippen molar-refractivity contribution in [2.24, 2.45) is 5.10 Å². The summed E-state index contributed by atoms with van der Waals surface area (Å²) in [5, 5.41) is 3.89. The Kier molecular flexibility index (Phi) is 9.97. The topological polar surface area (TPSA) is 96.3 Å². The van der Waals surface area contributed by atoms with E-state index in [1.54, 1.807) is 26.2 Å². The minimum atomic E-state index is -0.545. The van der Waals surface area contributed by atoms with Gasteiger partial charge >= 0.3 is 6.09 Å². The third kappa shape index (κ3) is 6.49. The van der Waals surface area contributed by atoms with Gasteiger partial charge in [0.25, 0.3) is 0 Å². The third-order valence-corrected chi connectivity index (χ3v) is 1.72. The number of carbonyl (C=O) groups excluding carboxylic acids is 1. The number of aromatic amines is 1. The summed E-state index contributed by atoms with van der Waals surface area (Å²) in [6, 6.07) is 3.75. The van der Waals surface area contributed by atoms with Crippen LogP contribution in [0.4, 0.5) is 4.79 Å². The Morgan fingerprint density at radius 1 is 1.59 bits per heavy atom. The van der Waals surface area contributed by atoms with Crippen molar-refractivity contribution in [3.8, 4) is 0 Å². The molecule has 4 N–H and O–H groups in total. The Labute approximate surface area is 106 Å². The van der Waals surface area contributed by atoms with Gasteiger partial charge < -0.3 is 22.6 Å². The summed E-state index contributed by atoms with van der Waals surface area (Å²) in [5.41, 5.74) is 3.91. The number of hydrogen-bond donors (Lipinski definition) is 1. The van der Waals surface area contributed by atoms with E-state index in [-0.39, 0.29) is 17.9 Å². The molecule has 0 aliphatic carbocycles. The molecule has 1 amide bonds. The van der Waals surface area contributed by atoms with E-state index in [0.29, 0.717) is 12.3 Å². The number of carbonyl (C=O) groups is 1. The lowest BCUT2D eigenvalue weighted by Crippen LogP contribution is -3.00. The molecule has 1 rings (SSSR count). The minimum Gasteiger partial charge on any atom is -1.00 e. The molecule has 1 heterocycles. The third-order valence-electron chi connectivity index (χ3n) is 1.72.